The molecule has 1 unspecified atom stereocenters. The molecular weight excluding hydrogens is 444 g/mol. The summed E-state index contributed by atoms with van der Waals surface area (Å²) in [7, 11) is 1.53. The van der Waals surface area contributed by atoms with Crippen molar-refractivity contribution in [2.75, 3.05) is 26.9 Å². The summed E-state index contributed by atoms with van der Waals surface area (Å²) in [5.41, 5.74) is 0.960. The highest BCUT2D eigenvalue weighted by molar-refractivity contribution is 9.11. The van der Waals surface area contributed by atoms with Gasteiger partial charge in [0.05, 0.1) is 10.9 Å². The zero-order chi connectivity index (χ0) is 20.4. The van der Waals surface area contributed by atoms with Crippen molar-refractivity contribution >= 4 is 33.2 Å². The Hall–Kier alpha value is -2.52. The molecule has 1 aromatic heterocycles. The predicted molar refractivity (Wildman–Crippen MR) is 110 cm³/mol. The number of nitrogens with one attached hydrogen (secondary N) is 1. The Morgan fingerprint density at radius 3 is 2.79 bits per heavy atom. The van der Waals surface area contributed by atoms with Gasteiger partial charge in [0.2, 0.25) is 0 Å². The number of carbonyl (C=O) groups excluding carboxylic acids is 1. The summed E-state index contributed by atoms with van der Waals surface area (Å²) in [4.78, 5) is 13.3. The lowest BCUT2D eigenvalue weighted by molar-refractivity contribution is -0.132. The van der Waals surface area contributed by atoms with E-state index in [4.69, 9.17) is 25.9 Å². The first-order valence-corrected chi connectivity index (χ1v) is 9.94. The molecule has 146 valence electrons. The fourth-order valence-electron chi connectivity index (χ4n) is 2.41. The van der Waals surface area contributed by atoms with Gasteiger partial charge in [-0.2, -0.15) is 5.26 Å². The highest BCUT2D eigenvalue weighted by atomic mass is 79.9. The van der Waals surface area contributed by atoms with Gasteiger partial charge in [0.25, 0.3) is 5.91 Å². The third-order valence-corrected chi connectivity index (χ3v) is 5.32. The summed E-state index contributed by atoms with van der Waals surface area (Å²) >= 11 is 4.81. The summed E-state index contributed by atoms with van der Waals surface area (Å²) in [5.74, 6) is 3.19. The van der Waals surface area contributed by atoms with Crippen molar-refractivity contribution in [3.05, 3.63) is 44.6 Å². The third-order valence-electron chi connectivity index (χ3n) is 3.66. The van der Waals surface area contributed by atoms with Crippen LogP contribution in [0.2, 0.25) is 0 Å². The Balaban J connectivity index is 1.96. The summed E-state index contributed by atoms with van der Waals surface area (Å²) in [6.45, 7) is 0.418. The van der Waals surface area contributed by atoms with Gasteiger partial charge in [-0.25, -0.2) is 0 Å². The van der Waals surface area contributed by atoms with Crippen molar-refractivity contribution in [2.24, 2.45) is 0 Å². The Kier molecular flexibility index (Phi) is 8.83. The molecule has 1 heterocycles. The second-order valence-corrected chi connectivity index (χ2v) is 8.00. The van der Waals surface area contributed by atoms with Crippen molar-refractivity contribution in [2.45, 2.75) is 12.5 Å². The minimum Gasteiger partial charge on any atom is -0.493 e. The number of amides is 1. The van der Waals surface area contributed by atoms with Crippen molar-refractivity contribution in [1.82, 2.24) is 5.32 Å². The van der Waals surface area contributed by atoms with Crippen LogP contribution in [0, 0.1) is 23.7 Å². The van der Waals surface area contributed by atoms with Crippen LogP contribution in [-0.2, 0) is 16.0 Å². The number of carbonyl (C=O) groups is 1. The average molecular weight is 463 g/mol. The van der Waals surface area contributed by atoms with Gasteiger partial charge in [0, 0.05) is 11.4 Å². The summed E-state index contributed by atoms with van der Waals surface area (Å²) in [5, 5.41) is 11.5. The Morgan fingerprint density at radius 2 is 2.14 bits per heavy atom. The third kappa shape index (κ3) is 6.28. The number of ether oxygens (including phenoxy) is 3. The SMILES string of the molecule is C#CCOC(C(=O)NCCc1ccc(OCC#N)c(OC)c1)c1ccc(Br)s1. The number of methoxy groups -OCH3 is 1. The lowest BCUT2D eigenvalue weighted by Gasteiger charge is -2.15. The van der Waals surface area contributed by atoms with Crippen LogP contribution in [0.15, 0.2) is 34.1 Å². The molecule has 0 aliphatic rings. The molecule has 2 rings (SSSR count). The molecule has 8 heteroatoms. The Morgan fingerprint density at radius 1 is 1.32 bits per heavy atom. The molecule has 0 fully saturated rings. The fraction of sp³-hybridized carbons (Fsp3) is 0.300. The van der Waals surface area contributed by atoms with E-state index in [1.807, 2.05) is 30.3 Å². The first kappa shape index (κ1) is 21.8. The van der Waals surface area contributed by atoms with Gasteiger partial charge < -0.3 is 19.5 Å². The maximum absolute atomic E-state index is 12.6. The number of benzene rings is 1. The topological polar surface area (TPSA) is 80.6 Å². The number of hydrogen-bond donors (Lipinski definition) is 1. The zero-order valence-corrected chi connectivity index (χ0v) is 17.6. The van der Waals surface area contributed by atoms with Crippen LogP contribution < -0.4 is 14.8 Å². The average Bonchev–Trinajstić information content (AvgIpc) is 3.13. The van der Waals surface area contributed by atoms with E-state index < -0.39 is 6.10 Å². The maximum atomic E-state index is 12.6. The van der Waals surface area contributed by atoms with E-state index in [1.165, 1.54) is 18.4 Å². The van der Waals surface area contributed by atoms with Crippen LogP contribution in [0.1, 0.15) is 16.5 Å². The van der Waals surface area contributed by atoms with E-state index in [0.717, 1.165) is 14.2 Å². The number of thiophene rings is 1. The number of halogens is 1. The normalized spacial score (nSPS) is 11.1. The van der Waals surface area contributed by atoms with Gasteiger partial charge in [-0.05, 0) is 52.2 Å². The molecule has 0 saturated carbocycles. The molecule has 6 nitrogen and oxygen atoms in total. The van der Waals surface area contributed by atoms with Crippen molar-refractivity contribution in [1.29, 1.82) is 5.26 Å². The number of terminal acetylenes is 1. The number of nitriles is 1. The van der Waals surface area contributed by atoms with Gasteiger partial charge >= 0.3 is 0 Å². The molecule has 0 saturated heterocycles. The van der Waals surface area contributed by atoms with E-state index >= 15 is 0 Å². The van der Waals surface area contributed by atoms with E-state index in [9.17, 15) is 4.79 Å². The first-order valence-electron chi connectivity index (χ1n) is 8.33. The minimum atomic E-state index is -0.747. The van der Waals surface area contributed by atoms with Crippen LogP contribution in [-0.4, -0.2) is 32.8 Å². The van der Waals surface area contributed by atoms with Crippen LogP contribution in [0.25, 0.3) is 0 Å². The van der Waals surface area contributed by atoms with Crippen LogP contribution >= 0.6 is 27.3 Å². The highest BCUT2D eigenvalue weighted by Gasteiger charge is 2.22. The molecule has 2 aromatic rings. The molecule has 1 atom stereocenters. The summed E-state index contributed by atoms with van der Waals surface area (Å²) in [6.07, 6.45) is 5.10. The second kappa shape index (κ2) is 11.4. The Labute approximate surface area is 176 Å². The Bertz CT molecular complexity index is 885. The summed E-state index contributed by atoms with van der Waals surface area (Å²) in [6, 6.07) is 11.0. The predicted octanol–water partition coefficient (Wildman–Crippen LogP) is 3.47. The monoisotopic (exact) mass is 462 g/mol. The summed E-state index contributed by atoms with van der Waals surface area (Å²) < 4.78 is 17.0. The fourth-order valence-corrected chi connectivity index (χ4v) is 3.88. The van der Waals surface area contributed by atoms with Crippen molar-refractivity contribution in [3.8, 4) is 29.9 Å². The number of hydrogen-bond acceptors (Lipinski definition) is 6. The lowest BCUT2D eigenvalue weighted by Crippen LogP contribution is -2.32. The highest BCUT2D eigenvalue weighted by Crippen LogP contribution is 2.30. The smallest absolute Gasteiger partial charge is 0.254 e. The molecule has 1 amide bonds. The van der Waals surface area contributed by atoms with E-state index in [2.05, 4.69) is 27.2 Å². The quantitative estimate of drug-likeness (QED) is 0.546. The van der Waals surface area contributed by atoms with Crippen LogP contribution in [0.5, 0.6) is 11.5 Å². The van der Waals surface area contributed by atoms with Gasteiger partial charge in [0.15, 0.2) is 24.2 Å². The van der Waals surface area contributed by atoms with E-state index in [-0.39, 0.29) is 19.1 Å². The van der Waals surface area contributed by atoms with Crippen LogP contribution in [0.3, 0.4) is 0 Å². The molecule has 0 aliphatic carbocycles. The molecule has 1 N–H and O–H groups in total. The number of nitrogens with zero attached hydrogens (tertiary/aromatic N) is 1. The van der Waals surface area contributed by atoms with Crippen molar-refractivity contribution in [3.63, 3.8) is 0 Å². The first-order chi connectivity index (χ1) is 13.6. The number of rotatable bonds is 10. The molecule has 0 spiro atoms. The molecular formula is C20H19BrN2O4S. The van der Waals surface area contributed by atoms with Crippen LogP contribution in [0.4, 0.5) is 0 Å². The van der Waals surface area contributed by atoms with Gasteiger partial charge in [-0.1, -0.05) is 12.0 Å². The zero-order valence-electron chi connectivity index (χ0n) is 15.2. The van der Waals surface area contributed by atoms with Gasteiger partial charge in [-0.3, -0.25) is 4.79 Å². The second-order valence-electron chi connectivity index (χ2n) is 5.51. The van der Waals surface area contributed by atoms with Gasteiger partial charge in [0.1, 0.15) is 12.7 Å². The molecule has 0 aliphatic heterocycles. The molecule has 1 aromatic carbocycles. The minimum absolute atomic E-state index is 0.0506. The van der Waals surface area contributed by atoms with Gasteiger partial charge in [-0.15, -0.1) is 17.8 Å². The molecule has 0 radical (unpaired) electrons. The largest absolute Gasteiger partial charge is 0.493 e. The molecule has 28 heavy (non-hydrogen) atoms. The van der Waals surface area contributed by atoms with E-state index in [1.54, 1.807) is 6.07 Å². The maximum Gasteiger partial charge on any atom is 0.254 e. The molecule has 0 bridgehead atoms. The van der Waals surface area contributed by atoms with E-state index in [0.29, 0.717) is 24.5 Å². The standard InChI is InChI=1S/C20H19BrN2O4S/c1-3-11-27-19(17-6-7-18(21)28-17)20(24)23-10-8-14-4-5-15(26-12-9-22)16(13-14)25-2/h1,4-7,13,19H,8,10-12H2,2H3,(H,23,24). The lowest BCUT2D eigenvalue weighted by atomic mass is 10.1. The van der Waals surface area contributed by atoms with Crippen molar-refractivity contribution < 1.29 is 19.0 Å².